The van der Waals surface area contributed by atoms with Crippen molar-refractivity contribution in [2.45, 2.75) is 19.4 Å². The predicted molar refractivity (Wildman–Crippen MR) is 83.4 cm³/mol. The highest BCUT2D eigenvalue weighted by Crippen LogP contribution is 2.12. The summed E-state index contributed by atoms with van der Waals surface area (Å²) in [6.45, 7) is 1.51. The van der Waals surface area contributed by atoms with Crippen LogP contribution in [0.3, 0.4) is 0 Å². The second kappa shape index (κ2) is 7.38. The molecule has 0 aliphatic carbocycles. The Morgan fingerprint density at radius 1 is 1.36 bits per heavy atom. The van der Waals surface area contributed by atoms with Crippen LogP contribution < -0.4 is 5.32 Å². The third kappa shape index (κ3) is 4.43. The first kappa shape index (κ1) is 15.7. The number of hydrogen-bond donors (Lipinski definition) is 1. The van der Waals surface area contributed by atoms with Crippen LogP contribution in [0.15, 0.2) is 41.8 Å². The molecule has 112 valence electrons. The van der Waals surface area contributed by atoms with E-state index >= 15 is 0 Å². The lowest BCUT2D eigenvalue weighted by Crippen LogP contribution is -2.30. The number of esters is 1. The zero-order valence-electron chi connectivity index (χ0n) is 11.9. The van der Waals surface area contributed by atoms with E-state index in [1.807, 2.05) is 23.6 Å². The summed E-state index contributed by atoms with van der Waals surface area (Å²) in [6.07, 6.45) is -0.752. The smallest absolute Gasteiger partial charge is 0.311 e. The minimum atomic E-state index is -0.904. The SMILES string of the molecule is C[C@@H](OC(=O)Cc1cccs1)C(=O)Nc1cccc(C#N)c1. The van der Waals surface area contributed by atoms with Gasteiger partial charge in [0.05, 0.1) is 18.1 Å². The summed E-state index contributed by atoms with van der Waals surface area (Å²) in [6, 6.07) is 12.2. The van der Waals surface area contributed by atoms with Crippen LogP contribution in [0.1, 0.15) is 17.4 Å². The van der Waals surface area contributed by atoms with Gasteiger partial charge < -0.3 is 10.1 Å². The van der Waals surface area contributed by atoms with Gasteiger partial charge in [0.2, 0.25) is 0 Å². The topological polar surface area (TPSA) is 79.2 Å². The number of benzene rings is 1. The molecule has 22 heavy (non-hydrogen) atoms. The maximum atomic E-state index is 12.0. The minimum absolute atomic E-state index is 0.152. The van der Waals surface area contributed by atoms with Gasteiger partial charge in [0.15, 0.2) is 6.10 Å². The van der Waals surface area contributed by atoms with Gasteiger partial charge in [0, 0.05) is 10.6 Å². The van der Waals surface area contributed by atoms with Crippen LogP contribution in [-0.2, 0) is 20.7 Å². The molecule has 0 aliphatic rings. The average molecular weight is 314 g/mol. The lowest BCUT2D eigenvalue weighted by Gasteiger charge is -2.13. The predicted octanol–water partition coefficient (Wildman–Crippen LogP) is 2.73. The molecular weight excluding hydrogens is 300 g/mol. The fourth-order valence-corrected chi connectivity index (χ4v) is 2.45. The molecule has 1 aromatic heterocycles. The molecule has 0 saturated carbocycles. The van der Waals surface area contributed by atoms with Gasteiger partial charge in [-0.05, 0) is 36.6 Å². The molecule has 1 N–H and O–H groups in total. The van der Waals surface area contributed by atoms with Crippen LogP contribution in [0.25, 0.3) is 0 Å². The monoisotopic (exact) mass is 314 g/mol. The van der Waals surface area contributed by atoms with Gasteiger partial charge in [0.1, 0.15) is 0 Å². The zero-order valence-corrected chi connectivity index (χ0v) is 12.7. The van der Waals surface area contributed by atoms with Crippen LogP contribution in [0, 0.1) is 11.3 Å². The fourth-order valence-electron chi connectivity index (χ4n) is 1.76. The number of carbonyl (C=O) groups is 2. The van der Waals surface area contributed by atoms with E-state index in [1.165, 1.54) is 18.3 Å². The highest BCUT2D eigenvalue weighted by Gasteiger charge is 2.18. The van der Waals surface area contributed by atoms with E-state index in [4.69, 9.17) is 10.00 Å². The van der Waals surface area contributed by atoms with Gasteiger partial charge in [-0.15, -0.1) is 11.3 Å². The number of nitrogens with one attached hydrogen (secondary N) is 1. The number of rotatable bonds is 5. The Balaban J connectivity index is 1.89. The maximum Gasteiger partial charge on any atom is 0.311 e. The van der Waals surface area contributed by atoms with Crippen molar-refractivity contribution in [1.29, 1.82) is 5.26 Å². The van der Waals surface area contributed by atoms with Gasteiger partial charge in [-0.2, -0.15) is 5.26 Å². The molecule has 0 spiro atoms. The highest BCUT2D eigenvalue weighted by atomic mass is 32.1. The second-order valence-electron chi connectivity index (χ2n) is 4.57. The van der Waals surface area contributed by atoms with Crippen LogP contribution in [0.5, 0.6) is 0 Å². The first-order chi connectivity index (χ1) is 10.6. The van der Waals surface area contributed by atoms with Gasteiger partial charge in [-0.25, -0.2) is 0 Å². The Labute approximate surface area is 132 Å². The summed E-state index contributed by atoms with van der Waals surface area (Å²) >= 11 is 1.46. The number of amides is 1. The average Bonchev–Trinajstić information content (AvgIpc) is 3.00. The van der Waals surface area contributed by atoms with Crippen molar-refractivity contribution in [1.82, 2.24) is 0 Å². The number of anilines is 1. The van der Waals surface area contributed by atoms with Gasteiger partial charge >= 0.3 is 5.97 Å². The molecule has 1 amide bonds. The van der Waals surface area contributed by atoms with Crippen molar-refractivity contribution < 1.29 is 14.3 Å². The third-order valence-electron chi connectivity index (χ3n) is 2.84. The molecule has 2 rings (SSSR count). The molecule has 0 radical (unpaired) electrons. The van der Waals surface area contributed by atoms with Crippen LogP contribution in [0.2, 0.25) is 0 Å². The lowest BCUT2D eigenvalue weighted by atomic mass is 10.2. The number of hydrogen-bond acceptors (Lipinski definition) is 5. The van der Waals surface area contributed by atoms with Crippen molar-refractivity contribution in [3.63, 3.8) is 0 Å². The first-order valence-electron chi connectivity index (χ1n) is 6.61. The molecule has 0 unspecified atom stereocenters. The van der Waals surface area contributed by atoms with Gasteiger partial charge in [0.25, 0.3) is 5.91 Å². The number of nitriles is 1. The zero-order chi connectivity index (χ0) is 15.9. The third-order valence-corrected chi connectivity index (χ3v) is 3.71. The van der Waals surface area contributed by atoms with Gasteiger partial charge in [-0.3, -0.25) is 9.59 Å². The lowest BCUT2D eigenvalue weighted by molar-refractivity contribution is -0.152. The minimum Gasteiger partial charge on any atom is -0.452 e. The van der Waals surface area contributed by atoms with Crippen molar-refractivity contribution >= 4 is 28.9 Å². The molecule has 6 heteroatoms. The normalized spacial score (nSPS) is 11.3. The fraction of sp³-hybridized carbons (Fsp3) is 0.188. The summed E-state index contributed by atoms with van der Waals surface area (Å²) in [5.41, 5.74) is 0.936. The van der Waals surface area contributed by atoms with Crippen molar-refractivity contribution in [2.24, 2.45) is 0 Å². The van der Waals surface area contributed by atoms with E-state index in [2.05, 4.69) is 5.32 Å². The van der Waals surface area contributed by atoms with E-state index in [0.717, 1.165) is 4.88 Å². The molecule has 2 aromatic rings. The van der Waals surface area contributed by atoms with E-state index in [-0.39, 0.29) is 6.42 Å². The van der Waals surface area contributed by atoms with Crippen LogP contribution in [-0.4, -0.2) is 18.0 Å². The summed E-state index contributed by atoms with van der Waals surface area (Å²) in [5.74, 6) is -0.884. The Hall–Kier alpha value is -2.65. The molecule has 0 aliphatic heterocycles. The molecule has 1 atom stereocenters. The first-order valence-corrected chi connectivity index (χ1v) is 7.49. The van der Waals surface area contributed by atoms with E-state index in [1.54, 1.807) is 24.3 Å². The molecule has 5 nitrogen and oxygen atoms in total. The van der Waals surface area contributed by atoms with E-state index in [9.17, 15) is 9.59 Å². The summed E-state index contributed by atoms with van der Waals surface area (Å²) in [5, 5.41) is 13.3. The quantitative estimate of drug-likeness (QED) is 0.861. The number of ether oxygens (including phenoxy) is 1. The molecule has 1 heterocycles. The van der Waals surface area contributed by atoms with Crippen LogP contribution in [0.4, 0.5) is 5.69 Å². The van der Waals surface area contributed by atoms with E-state index in [0.29, 0.717) is 11.3 Å². The number of carbonyl (C=O) groups excluding carboxylic acids is 2. The molecule has 1 aromatic carbocycles. The number of thiophene rings is 1. The molecular formula is C16H14N2O3S. The van der Waals surface area contributed by atoms with Crippen molar-refractivity contribution in [3.8, 4) is 6.07 Å². The Morgan fingerprint density at radius 2 is 2.18 bits per heavy atom. The molecule has 0 saturated heterocycles. The van der Waals surface area contributed by atoms with Gasteiger partial charge in [-0.1, -0.05) is 12.1 Å². The maximum absolute atomic E-state index is 12.0. The van der Waals surface area contributed by atoms with Crippen molar-refractivity contribution in [2.75, 3.05) is 5.32 Å². The van der Waals surface area contributed by atoms with E-state index < -0.39 is 18.0 Å². The molecule has 0 bridgehead atoms. The summed E-state index contributed by atoms with van der Waals surface area (Å²) in [4.78, 5) is 24.6. The summed E-state index contributed by atoms with van der Waals surface area (Å²) in [7, 11) is 0. The highest BCUT2D eigenvalue weighted by molar-refractivity contribution is 7.10. The Kier molecular flexibility index (Phi) is 5.28. The largest absolute Gasteiger partial charge is 0.452 e. The number of nitrogens with zero attached hydrogens (tertiary/aromatic N) is 1. The molecule has 0 fully saturated rings. The second-order valence-corrected chi connectivity index (χ2v) is 5.60. The Morgan fingerprint density at radius 3 is 2.86 bits per heavy atom. The van der Waals surface area contributed by atoms with Crippen LogP contribution >= 0.6 is 11.3 Å². The Bertz CT molecular complexity index is 704. The van der Waals surface area contributed by atoms with Crippen molar-refractivity contribution in [3.05, 3.63) is 52.2 Å². The standard InChI is InChI=1S/C16H14N2O3S/c1-11(21-15(19)9-14-6-3-7-22-14)16(20)18-13-5-2-4-12(8-13)10-17/h2-8,11H,9H2,1H3,(H,18,20)/t11-/m1/s1. The summed E-state index contributed by atoms with van der Waals surface area (Å²) < 4.78 is 5.10.